The van der Waals surface area contributed by atoms with Crippen LogP contribution in [0, 0.1) is 12.7 Å². The number of ether oxygens (including phenoxy) is 3. The Labute approximate surface area is 193 Å². The van der Waals surface area contributed by atoms with Gasteiger partial charge in [0.1, 0.15) is 29.9 Å². The molecule has 1 aliphatic rings. The molecule has 4 atom stereocenters. The molecule has 2 aromatic rings. The molecule has 1 fully saturated rings. The summed E-state index contributed by atoms with van der Waals surface area (Å²) in [5, 5.41) is 23.9. The summed E-state index contributed by atoms with van der Waals surface area (Å²) in [6.45, 7) is 7.24. The smallest absolute Gasteiger partial charge is 0.229 e. The molecule has 1 amide bonds. The topological polar surface area (TPSA) is 97.3 Å². The highest BCUT2D eigenvalue weighted by molar-refractivity contribution is 5.73. The molecular weight excluding hydrogens is 429 g/mol. The van der Waals surface area contributed by atoms with Gasteiger partial charge in [-0.25, -0.2) is 4.39 Å². The van der Waals surface area contributed by atoms with Crippen LogP contribution in [0.1, 0.15) is 31.9 Å². The molecule has 0 aliphatic carbocycles. The van der Waals surface area contributed by atoms with Crippen LogP contribution in [0.15, 0.2) is 36.4 Å². The Morgan fingerprint density at radius 3 is 2.58 bits per heavy atom. The summed E-state index contributed by atoms with van der Waals surface area (Å²) in [4.78, 5) is 11.3. The molecule has 8 heteroatoms. The molecule has 0 spiro atoms. The first kappa shape index (κ1) is 25.1. The second kappa shape index (κ2) is 10.2. The molecule has 0 bridgehead atoms. The lowest BCUT2D eigenvalue weighted by atomic mass is 9.89. The van der Waals surface area contributed by atoms with E-state index < -0.39 is 30.2 Å². The lowest BCUT2D eigenvalue weighted by molar-refractivity contribution is -0.306. The van der Waals surface area contributed by atoms with Gasteiger partial charge in [-0.2, -0.15) is 0 Å². The van der Waals surface area contributed by atoms with E-state index in [1.807, 2.05) is 13.0 Å². The van der Waals surface area contributed by atoms with Gasteiger partial charge in [0, 0.05) is 20.6 Å². The number of benzene rings is 2. The Bertz CT molecular complexity index is 995. The number of carbonyl (C=O) groups excluding carboxylic acids is 1. The first-order valence-electron chi connectivity index (χ1n) is 10.9. The summed E-state index contributed by atoms with van der Waals surface area (Å²) in [7, 11) is 1.45. The predicted molar refractivity (Wildman–Crippen MR) is 121 cm³/mol. The minimum Gasteiger partial charge on any atom is -0.462 e. The minimum absolute atomic E-state index is 0.127. The van der Waals surface area contributed by atoms with Crippen molar-refractivity contribution in [2.75, 3.05) is 13.7 Å². The summed E-state index contributed by atoms with van der Waals surface area (Å²) >= 11 is 0. The Balaban J connectivity index is 1.95. The maximum Gasteiger partial charge on any atom is 0.229 e. The number of hydrogen-bond donors (Lipinski definition) is 3. The first-order chi connectivity index (χ1) is 15.5. The highest BCUT2D eigenvalue weighted by atomic mass is 19.1. The van der Waals surface area contributed by atoms with Gasteiger partial charge in [0.2, 0.25) is 12.2 Å². The van der Waals surface area contributed by atoms with Crippen LogP contribution in [0.4, 0.5) is 4.39 Å². The standard InChI is InChI=1S/C25H32FNO6/c1-14-11-17(9-10-27-15(2)28)19(16-7-6-8-18(26)12-16)13-20(14)32-24-22(30)21(29)23(31-5)25(3,4)33-24/h6-8,11-13,21-24,29-30H,9-10H2,1-5H3,(H,27,28)/t21-,22+,23?,24-/m0/s1. The van der Waals surface area contributed by atoms with Crippen LogP contribution in [-0.2, 0) is 20.7 Å². The fourth-order valence-corrected chi connectivity index (χ4v) is 4.21. The van der Waals surface area contributed by atoms with Crippen LogP contribution >= 0.6 is 0 Å². The van der Waals surface area contributed by atoms with Gasteiger partial charge in [-0.05, 0) is 67.6 Å². The number of aliphatic hydroxyl groups excluding tert-OH is 2. The summed E-state index contributed by atoms with van der Waals surface area (Å²) in [6.07, 6.45) is -3.86. The van der Waals surface area contributed by atoms with Gasteiger partial charge in [0.25, 0.3) is 0 Å². The molecule has 7 nitrogen and oxygen atoms in total. The second-order valence-corrected chi connectivity index (χ2v) is 8.86. The van der Waals surface area contributed by atoms with Gasteiger partial charge in [-0.1, -0.05) is 18.2 Å². The van der Waals surface area contributed by atoms with Gasteiger partial charge in [-0.3, -0.25) is 4.79 Å². The van der Waals surface area contributed by atoms with Crippen molar-refractivity contribution in [2.24, 2.45) is 0 Å². The normalized spacial score (nSPS) is 24.4. The van der Waals surface area contributed by atoms with E-state index in [2.05, 4.69) is 5.32 Å². The van der Waals surface area contributed by atoms with Crippen molar-refractivity contribution in [1.82, 2.24) is 5.32 Å². The van der Waals surface area contributed by atoms with Crippen LogP contribution in [-0.4, -0.2) is 60.0 Å². The third-order valence-corrected chi connectivity index (χ3v) is 5.85. The molecule has 0 saturated carbocycles. The van der Waals surface area contributed by atoms with E-state index in [9.17, 15) is 19.4 Å². The highest BCUT2D eigenvalue weighted by Gasteiger charge is 2.50. The van der Waals surface area contributed by atoms with Crippen molar-refractivity contribution in [3.63, 3.8) is 0 Å². The Morgan fingerprint density at radius 1 is 1.21 bits per heavy atom. The zero-order valence-electron chi connectivity index (χ0n) is 19.6. The summed E-state index contributed by atoms with van der Waals surface area (Å²) in [5.41, 5.74) is 2.16. The Hall–Kier alpha value is -2.52. The lowest BCUT2D eigenvalue weighted by Crippen LogP contribution is -2.63. The van der Waals surface area contributed by atoms with E-state index in [0.29, 0.717) is 24.3 Å². The number of hydrogen-bond acceptors (Lipinski definition) is 6. The van der Waals surface area contributed by atoms with Crippen molar-refractivity contribution in [3.8, 4) is 16.9 Å². The number of aliphatic hydroxyl groups is 2. The predicted octanol–water partition coefficient (Wildman–Crippen LogP) is 2.73. The number of carbonyl (C=O) groups is 1. The maximum absolute atomic E-state index is 14.0. The highest BCUT2D eigenvalue weighted by Crippen LogP contribution is 2.36. The zero-order valence-corrected chi connectivity index (χ0v) is 19.6. The van der Waals surface area contributed by atoms with Crippen LogP contribution in [0.3, 0.4) is 0 Å². The SMILES string of the molecule is COC1[C@@H](O)[C@@H](O)[C@@H](Oc2cc(-c3cccc(F)c3)c(CCNC(C)=O)cc2C)OC1(C)C. The van der Waals surface area contributed by atoms with Gasteiger partial charge < -0.3 is 29.7 Å². The summed E-state index contributed by atoms with van der Waals surface area (Å²) in [6, 6.07) is 9.89. The molecule has 1 unspecified atom stereocenters. The molecule has 3 N–H and O–H groups in total. The quantitative estimate of drug-likeness (QED) is 0.587. The average Bonchev–Trinajstić information content (AvgIpc) is 2.73. The fraction of sp³-hybridized carbons (Fsp3) is 0.480. The third-order valence-electron chi connectivity index (χ3n) is 5.85. The third kappa shape index (κ3) is 5.70. The number of rotatable bonds is 7. The number of methoxy groups -OCH3 is 1. The van der Waals surface area contributed by atoms with E-state index in [1.165, 1.54) is 26.2 Å². The first-order valence-corrected chi connectivity index (χ1v) is 10.9. The molecule has 1 saturated heterocycles. The zero-order chi connectivity index (χ0) is 24.3. The molecule has 3 rings (SSSR count). The Morgan fingerprint density at radius 2 is 1.94 bits per heavy atom. The van der Waals surface area contributed by atoms with E-state index in [0.717, 1.165) is 16.7 Å². The van der Waals surface area contributed by atoms with E-state index in [-0.39, 0.29) is 11.7 Å². The molecule has 0 radical (unpaired) electrons. The van der Waals surface area contributed by atoms with Gasteiger partial charge in [0.05, 0.1) is 5.60 Å². The van der Waals surface area contributed by atoms with E-state index >= 15 is 0 Å². The molecule has 1 heterocycles. The molecule has 180 valence electrons. The number of nitrogens with one attached hydrogen (secondary N) is 1. The van der Waals surface area contributed by atoms with E-state index in [4.69, 9.17) is 14.2 Å². The fourth-order valence-electron chi connectivity index (χ4n) is 4.21. The number of aryl methyl sites for hydroxylation is 1. The molecule has 33 heavy (non-hydrogen) atoms. The largest absolute Gasteiger partial charge is 0.462 e. The maximum atomic E-state index is 14.0. The van der Waals surface area contributed by atoms with Gasteiger partial charge in [-0.15, -0.1) is 0 Å². The minimum atomic E-state index is -1.33. The van der Waals surface area contributed by atoms with Crippen LogP contribution in [0.2, 0.25) is 0 Å². The number of amides is 1. The van der Waals surface area contributed by atoms with Gasteiger partial charge in [0.15, 0.2) is 0 Å². The molecule has 0 aromatic heterocycles. The summed E-state index contributed by atoms with van der Waals surface area (Å²) < 4.78 is 31.3. The average molecular weight is 462 g/mol. The van der Waals surface area contributed by atoms with Crippen molar-refractivity contribution >= 4 is 5.91 Å². The van der Waals surface area contributed by atoms with Crippen LogP contribution in [0.25, 0.3) is 11.1 Å². The monoisotopic (exact) mass is 461 g/mol. The summed E-state index contributed by atoms with van der Waals surface area (Å²) in [5.74, 6) is -0.0664. The van der Waals surface area contributed by atoms with Crippen molar-refractivity contribution in [1.29, 1.82) is 0 Å². The van der Waals surface area contributed by atoms with Crippen LogP contribution in [0.5, 0.6) is 5.75 Å². The Kier molecular flexibility index (Phi) is 7.74. The number of halogens is 1. The van der Waals surface area contributed by atoms with E-state index in [1.54, 1.807) is 32.0 Å². The van der Waals surface area contributed by atoms with Crippen molar-refractivity contribution in [3.05, 3.63) is 53.3 Å². The molecule has 1 aliphatic heterocycles. The van der Waals surface area contributed by atoms with Crippen molar-refractivity contribution < 1.29 is 33.6 Å². The second-order valence-electron chi connectivity index (χ2n) is 8.86. The molecular formula is C25H32FNO6. The molecule has 2 aromatic carbocycles. The van der Waals surface area contributed by atoms with Crippen LogP contribution < -0.4 is 10.1 Å². The lowest BCUT2D eigenvalue weighted by Gasteiger charge is -2.46. The van der Waals surface area contributed by atoms with Gasteiger partial charge >= 0.3 is 0 Å². The van der Waals surface area contributed by atoms with Crippen molar-refractivity contribution in [2.45, 2.75) is 64.3 Å².